The summed E-state index contributed by atoms with van der Waals surface area (Å²) in [6.45, 7) is 0. The van der Waals surface area contributed by atoms with E-state index in [1.165, 1.54) is 30.3 Å². The summed E-state index contributed by atoms with van der Waals surface area (Å²) in [5, 5.41) is 0.429. The third-order valence-corrected chi connectivity index (χ3v) is 2.88. The maximum atomic E-state index is 12.0. The van der Waals surface area contributed by atoms with Crippen molar-refractivity contribution in [3.8, 4) is 5.75 Å². The van der Waals surface area contributed by atoms with Crippen molar-refractivity contribution in [1.29, 1.82) is 0 Å². The molecule has 0 saturated heterocycles. The van der Waals surface area contributed by atoms with Gasteiger partial charge in [0.05, 0.1) is 0 Å². The minimum Gasteiger partial charge on any atom is -0.406 e. The Bertz CT molecular complexity index is 692. The van der Waals surface area contributed by atoms with Crippen LogP contribution >= 0.6 is 11.6 Å². The topological polar surface area (TPSA) is 26.3 Å². The van der Waals surface area contributed by atoms with E-state index >= 15 is 0 Å². The van der Waals surface area contributed by atoms with Gasteiger partial charge < -0.3 is 4.74 Å². The lowest BCUT2D eigenvalue weighted by Crippen LogP contribution is -2.16. The number of carbonyl (C=O) groups is 1. The molecule has 0 fully saturated rings. The molecular weight excluding hydrogens is 317 g/mol. The minimum absolute atomic E-state index is 0.282. The average molecular weight is 327 g/mol. The zero-order valence-corrected chi connectivity index (χ0v) is 11.9. The number of hydrogen-bond acceptors (Lipinski definition) is 2. The van der Waals surface area contributed by atoms with Gasteiger partial charge in [0.25, 0.3) is 0 Å². The van der Waals surface area contributed by atoms with Crippen LogP contribution in [0.1, 0.15) is 21.5 Å². The predicted octanol–water partition coefficient (Wildman–Crippen LogP) is 5.22. The van der Waals surface area contributed by atoms with Gasteiger partial charge in [-0.25, -0.2) is 0 Å². The van der Waals surface area contributed by atoms with E-state index in [-0.39, 0.29) is 5.75 Å². The van der Waals surface area contributed by atoms with Crippen molar-refractivity contribution < 1.29 is 22.7 Å². The lowest BCUT2D eigenvalue weighted by atomic mass is 10.1. The van der Waals surface area contributed by atoms with Crippen molar-refractivity contribution in [2.45, 2.75) is 6.36 Å². The number of carbonyl (C=O) groups excluding carboxylic acids is 1. The van der Waals surface area contributed by atoms with Crippen molar-refractivity contribution in [3.05, 3.63) is 64.2 Å². The second kappa shape index (κ2) is 6.66. The van der Waals surface area contributed by atoms with Gasteiger partial charge in [-0.1, -0.05) is 35.9 Å². The van der Waals surface area contributed by atoms with Crippen LogP contribution in [0.5, 0.6) is 5.75 Å². The van der Waals surface area contributed by atoms with Crippen molar-refractivity contribution in [3.63, 3.8) is 0 Å². The molecule has 2 nitrogen and oxygen atoms in total. The van der Waals surface area contributed by atoms with E-state index < -0.39 is 6.36 Å². The molecular formula is C16H10ClF3O2. The smallest absolute Gasteiger partial charge is 0.406 e. The molecule has 0 aliphatic rings. The lowest BCUT2D eigenvalue weighted by molar-refractivity contribution is -0.274. The maximum absolute atomic E-state index is 12.0. The fourth-order valence-corrected chi connectivity index (χ4v) is 2.03. The van der Waals surface area contributed by atoms with Crippen LogP contribution in [0, 0.1) is 0 Å². The number of hydrogen-bond donors (Lipinski definition) is 0. The Kier molecular flexibility index (Phi) is 4.88. The summed E-state index contributed by atoms with van der Waals surface area (Å²) in [6.07, 6.45) is -0.619. The summed E-state index contributed by atoms with van der Waals surface area (Å²) in [4.78, 5) is 10.7. The Balaban J connectivity index is 2.13. The van der Waals surface area contributed by atoms with E-state index in [4.69, 9.17) is 11.6 Å². The SMILES string of the molecule is O=Cc1cc(Cl)cc(/C=C/c2ccc(OC(F)(F)F)cc2)c1. The zero-order chi connectivity index (χ0) is 16.2. The molecule has 2 rings (SSSR count). The fourth-order valence-electron chi connectivity index (χ4n) is 1.77. The van der Waals surface area contributed by atoms with E-state index in [0.717, 1.165) is 0 Å². The summed E-state index contributed by atoms with van der Waals surface area (Å²) < 4.78 is 39.9. The second-order valence-electron chi connectivity index (χ2n) is 4.39. The third-order valence-electron chi connectivity index (χ3n) is 2.66. The van der Waals surface area contributed by atoms with E-state index in [0.29, 0.717) is 28.0 Å². The van der Waals surface area contributed by atoms with E-state index in [1.54, 1.807) is 24.3 Å². The van der Waals surface area contributed by atoms with Crippen molar-refractivity contribution in [1.82, 2.24) is 0 Å². The summed E-state index contributed by atoms with van der Waals surface area (Å²) in [7, 11) is 0. The normalized spacial score (nSPS) is 11.6. The second-order valence-corrected chi connectivity index (χ2v) is 4.82. The molecule has 0 aromatic heterocycles. The first-order valence-electron chi connectivity index (χ1n) is 6.15. The Labute approximate surface area is 129 Å². The quantitative estimate of drug-likeness (QED) is 0.568. The van der Waals surface area contributed by atoms with Gasteiger partial charge in [-0.2, -0.15) is 0 Å². The molecule has 0 unspecified atom stereocenters. The van der Waals surface area contributed by atoms with Gasteiger partial charge in [0, 0.05) is 10.6 Å². The molecule has 0 aliphatic heterocycles. The first-order chi connectivity index (χ1) is 10.4. The van der Waals surface area contributed by atoms with Gasteiger partial charge in [-0.15, -0.1) is 13.2 Å². The molecule has 0 aliphatic carbocycles. The first-order valence-corrected chi connectivity index (χ1v) is 6.53. The molecule has 0 atom stereocenters. The van der Waals surface area contributed by atoms with Gasteiger partial charge in [0.2, 0.25) is 0 Å². The number of alkyl halides is 3. The highest BCUT2D eigenvalue weighted by Gasteiger charge is 2.30. The molecule has 22 heavy (non-hydrogen) atoms. The molecule has 0 heterocycles. The molecule has 0 spiro atoms. The zero-order valence-electron chi connectivity index (χ0n) is 11.1. The van der Waals surface area contributed by atoms with E-state index in [2.05, 4.69) is 4.74 Å². The number of halogens is 4. The van der Waals surface area contributed by atoms with Gasteiger partial charge >= 0.3 is 6.36 Å². The molecule has 2 aromatic carbocycles. The van der Waals surface area contributed by atoms with Crippen LogP contribution in [-0.4, -0.2) is 12.6 Å². The van der Waals surface area contributed by atoms with Crippen LogP contribution in [-0.2, 0) is 0 Å². The first kappa shape index (κ1) is 16.1. The van der Waals surface area contributed by atoms with Crippen LogP contribution in [0.4, 0.5) is 13.2 Å². The predicted molar refractivity (Wildman–Crippen MR) is 78.9 cm³/mol. The summed E-state index contributed by atoms with van der Waals surface area (Å²) in [5.41, 5.74) is 1.84. The number of aldehydes is 1. The Hall–Kier alpha value is -2.27. The van der Waals surface area contributed by atoms with Gasteiger partial charge in [0.15, 0.2) is 0 Å². The van der Waals surface area contributed by atoms with Crippen molar-refractivity contribution >= 4 is 30.0 Å². The number of benzene rings is 2. The molecule has 0 bridgehead atoms. The fraction of sp³-hybridized carbons (Fsp3) is 0.0625. The van der Waals surface area contributed by atoms with Crippen LogP contribution in [0.25, 0.3) is 12.2 Å². The molecule has 0 radical (unpaired) electrons. The summed E-state index contributed by atoms with van der Waals surface area (Å²) in [5.74, 6) is -0.282. The highest BCUT2D eigenvalue weighted by molar-refractivity contribution is 6.31. The standard InChI is InChI=1S/C16H10ClF3O2/c17-14-8-12(7-13(9-14)10-21)2-1-11-3-5-15(6-4-11)22-16(18,19)20/h1-10H/b2-1+. The van der Waals surface area contributed by atoms with Crippen LogP contribution in [0.15, 0.2) is 42.5 Å². The highest BCUT2D eigenvalue weighted by Crippen LogP contribution is 2.23. The summed E-state index contributed by atoms with van der Waals surface area (Å²) >= 11 is 5.88. The van der Waals surface area contributed by atoms with Crippen LogP contribution < -0.4 is 4.74 Å². The Morgan fingerprint density at radius 2 is 1.50 bits per heavy atom. The van der Waals surface area contributed by atoms with Crippen LogP contribution in [0.2, 0.25) is 5.02 Å². The van der Waals surface area contributed by atoms with E-state index in [9.17, 15) is 18.0 Å². The maximum Gasteiger partial charge on any atom is 0.573 e. The van der Waals surface area contributed by atoms with Gasteiger partial charge in [-0.05, 0) is 41.5 Å². The molecule has 0 amide bonds. The minimum atomic E-state index is -4.70. The molecule has 2 aromatic rings. The van der Waals surface area contributed by atoms with Crippen LogP contribution in [0.3, 0.4) is 0 Å². The lowest BCUT2D eigenvalue weighted by Gasteiger charge is -2.08. The highest BCUT2D eigenvalue weighted by atomic mass is 35.5. The summed E-state index contributed by atoms with van der Waals surface area (Å²) in [6, 6.07) is 10.3. The Morgan fingerprint density at radius 1 is 0.909 bits per heavy atom. The number of rotatable bonds is 4. The van der Waals surface area contributed by atoms with Gasteiger partial charge in [-0.3, -0.25) is 4.79 Å². The molecule has 0 N–H and O–H groups in total. The number of ether oxygens (including phenoxy) is 1. The van der Waals surface area contributed by atoms with Crippen molar-refractivity contribution in [2.75, 3.05) is 0 Å². The Morgan fingerprint density at radius 3 is 2.09 bits per heavy atom. The monoisotopic (exact) mass is 326 g/mol. The largest absolute Gasteiger partial charge is 0.573 e. The molecule has 6 heteroatoms. The molecule has 114 valence electrons. The van der Waals surface area contributed by atoms with E-state index in [1.807, 2.05) is 0 Å². The van der Waals surface area contributed by atoms with Gasteiger partial charge in [0.1, 0.15) is 12.0 Å². The molecule has 0 saturated carbocycles. The average Bonchev–Trinajstić information content (AvgIpc) is 2.44. The third kappa shape index (κ3) is 4.93. The van der Waals surface area contributed by atoms with Crippen molar-refractivity contribution in [2.24, 2.45) is 0 Å².